The molecule has 0 spiro atoms. The lowest BCUT2D eigenvalue weighted by molar-refractivity contribution is -0.144. The summed E-state index contributed by atoms with van der Waals surface area (Å²) in [7, 11) is 0. The van der Waals surface area contributed by atoms with Crippen molar-refractivity contribution in [2.24, 2.45) is 5.92 Å². The van der Waals surface area contributed by atoms with Crippen LogP contribution in [0.15, 0.2) is 12.2 Å². The van der Waals surface area contributed by atoms with Crippen LogP contribution in [0.1, 0.15) is 26.7 Å². The second kappa shape index (κ2) is 7.45. The summed E-state index contributed by atoms with van der Waals surface area (Å²) < 4.78 is 4.97. The predicted octanol–water partition coefficient (Wildman–Crippen LogP) is 2.42. The van der Waals surface area contributed by atoms with E-state index in [1.807, 2.05) is 0 Å². The van der Waals surface area contributed by atoms with Crippen molar-refractivity contribution in [3.8, 4) is 0 Å². The predicted molar refractivity (Wildman–Crippen MR) is 64.8 cm³/mol. The molecule has 96 valence electrons. The van der Waals surface area contributed by atoms with Crippen molar-refractivity contribution in [2.75, 3.05) is 0 Å². The molecule has 0 aromatic heterocycles. The van der Waals surface area contributed by atoms with Gasteiger partial charge in [-0.15, -0.1) is 0 Å². The molecule has 4 nitrogen and oxygen atoms in total. The lowest BCUT2D eigenvalue weighted by atomic mass is 10.0. The summed E-state index contributed by atoms with van der Waals surface area (Å²) in [4.78, 5) is 32.9. The second-order valence-electron chi connectivity index (χ2n) is 3.79. The van der Waals surface area contributed by atoms with E-state index in [1.54, 1.807) is 6.92 Å². The number of hydrogen-bond acceptors (Lipinski definition) is 4. The third-order valence-corrected chi connectivity index (χ3v) is 2.46. The molecule has 0 saturated carbocycles. The minimum Gasteiger partial charge on any atom is -0.459 e. The van der Waals surface area contributed by atoms with E-state index < -0.39 is 28.5 Å². The number of carbonyl (C=O) groups excluding carboxylic acids is 3. The van der Waals surface area contributed by atoms with E-state index >= 15 is 0 Å². The lowest BCUT2D eigenvalue weighted by Gasteiger charge is -2.17. The number of ether oxygens (including phenoxy) is 1. The summed E-state index contributed by atoms with van der Waals surface area (Å²) in [6.45, 7) is 6.55. The van der Waals surface area contributed by atoms with Crippen LogP contribution in [0, 0.1) is 5.92 Å². The van der Waals surface area contributed by atoms with Crippen molar-refractivity contribution in [1.29, 1.82) is 0 Å². The van der Waals surface area contributed by atoms with E-state index in [4.69, 9.17) is 27.9 Å². The van der Waals surface area contributed by atoms with Crippen LogP contribution in [0.3, 0.4) is 0 Å². The molecule has 0 aliphatic carbocycles. The lowest BCUT2D eigenvalue weighted by Crippen LogP contribution is -2.22. The van der Waals surface area contributed by atoms with Crippen molar-refractivity contribution < 1.29 is 19.1 Å². The molecule has 0 aliphatic rings. The Balaban J connectivity index is 4.35. The molecule has 0 aromatic carbocycles. The van der Waals surface area contributed by atoms with Crippen molar-refractivity contribution in [2.45, 2.75) is 32.8 Å². The van der Waals surface area contributed by atoms with Gasteiger partial charge in [0.2, 0.25) is 10.5 Å². The van der Waals surface area contributed by atoms with Crippen molar-refractivity contribution >= 4 is 39.7 Å². The molecule has 0 radical (unpaired) electrons. The molecular weight excluding hydrogens is 267 g/mol. The minimum absolute atomic E-state index is 0.153. The van der Waals surface area contributed by atoms with Gasteiger partial charge in [0, 0.05) is 17.9 Å². The van der Waals surface area contributed by atoms with E-state index in [9.17, 15) is 14.4 Å². The highest BCUT2D eigenvalue weighted by atomic mass is 35.5. The molecule has 17 heavy (non-hydrogen) atoms. The van der Waals surface area contributed by atoms with Crippen molar-refractivity contribution in [3.63, 3.8) is 0 Å². The Morgan fingerprint density at radius 3 is 2.18 bits per heavy atom. The van der Waals surface area contributed by atoms with Crippen LogP contribution in [-0.2, 0) is 19.1 Å². The quantitative estimate of drug-likeness (QED) is 0.408. The zero-order valence-electron chi connectivity index (χ0n) is 9.66. The Morgan fingerprint density at radius 2 is 1.82 bits per heavy atom. The zero-order chi connectivity index (χ0) is 13.6. The SMILES string of the molecule is C=C(C)C(=O)OC(C)CC(CC(=O)Cl)C(=O)Cl. The second-order valence-corrected chi connectivity index (χ2v) is 4.59. The smallest absolute Gasteiger partial charge is 0.333 e. The molecule has 6 heteroatoms. The van der Waals surface area contributed by atoms with Gasteiger partial charge in [0.1, 0.15) is 6.10 Å². The monoisotopic (exact) mass is 280 g/mol. The number of halogens is 2. The third kappa shape index (κ3) is 7.13. The standard InChI is InChI=1S/C11H14Cl2O4/c1-6(2)11(16)17-7(3)4-8(10(13)15)5-9(12)14/h7-8H,1,4-5H2,2-3H3. The molecule has 0 N–H and O–H groups in total. The van der Waals surface area contributed by atoms with Gasteiger partial charge in [-0.1, -0.05) is 6.58 Å². The Kier molecular flexibility index (Phi) is 7.07. The van der Waals surface area contributed by atoms with Crippen LogP contribution in [-0.4, -0.2) is 22.6 Å². The zero-order valence-corrected chi connectivity index (χ0v) is 11.2. The molecule has 0 amide bonds. The minimum atomic E-state index is -0.741. The molecule has 0 aromatic rings. The average molecular weight is 281 g/mol. The van der Waals surface area contributed by atoms with Crippen LogP contribution in [0.4, 0.5) is 0 Å². The molecule has 2 unspecified atom stereocenters. The number of carbonyl (C=O) groups is 3. The van der Waals surface area contributed by atoms with Gasteiger partial charge in [0.25, 0.3) is 0 Å². The molecular formula is C11H14Cl2O4. The summed E-state index contributed by atoms with van der Waals surface area (Å²) in [5.41, 5.74) is 0.263. The van der Waals surface area contributed by atoms with E-state index in [1.165, 1.54) is 6.92 Å². The molecule has 0 heterocycles. The molecule has 0 rings (SSSR count). The van der Waals surface area contributed by atoms with Gasteiger partial charge < -0.3 is 4.74 Å². The number of hydrogen-bond donors (Lipinski definition) is 0. The normalized spacial score (nSPS) is 13.6. The van der Waals surface area contributed by atoms with Crippen LogP contribution in [0.2, 0.25) is 0 Å². The van der Waals surface area contributed by atoms with Gasteiger partial charge in [0.15, 0.2) is 0 Å². The molecule has 0 saturated heterocycles. The van der Waals surface area contributed by atoms with E-state index in [0.29, 0.717) is 0 Å². The highest BCUT2D eigenvalue weighted by Gasteiger charge is 2.23. The first-order chi connectivity index (χ1) is 7.73. The van der Waals surface area contributed by atoms with E-state index in [-0.39, 0.29) is 18.4 Å². The fraction of sp³-hybridized carbons (Fsp3) is 0.545. The third-order valence-electron chi connectivity index (χ3n) is 2.00. The summed E-state index contributed by atoms with van der Waals surface area (Å²) in [6, 6.07) is 0. The maximum Gasteiger partial charge on any atom is 0.333 e. The fourth-order valence-corrected chi connectivity index (χ4v) is 1.53. The Hall–Kier alpha value is -0.870. The first-order valence-corrected chi connectivity index (χ1v) is 5.73. The summed E-state index contributed by atoms with van der Waals surface area (Å²) >= 11 is 10.5. The molecule has 0 bridgehead atoms. The van der Waals surface area contributed by atoms with Crippen LogP contribution < -0.4 is 0 Å². The van der Waals surface area contributed by atoms with E-state index in [2.05, 4.69) is 6.58 Å². The van der Waals surface area contributed by atoms with Gasteiger partial charge in [0.05, 0.1) is 0 Å². The van der Waals surface area contributed by atoms with Gasteiger partial charge in [-0.2, -0.15) is 0 Å². The molecule has 0 fully saturated rings. The van der Waals surface area contributed by atoms with Crippen LogP contribution in [0.25, 0.3) is 0 Å². The van der Waals surface area contributed by atoms with Crippen LogP contribution >= 0.6 is 23.2 Å². The maximum absolute atomic E-state index is 11.2. The van der Waals surface area contributed by atoms with Crippen LogP contribution in [0.5, 0.6) is 0 Å². The molecule has 0 aliphatic heterocycles. The number of esters is 1. The Bertz CT molecular complexity index is 338. The average Bonchev–Trinajstić information content (AvgIpc) is 2.15. The van der Waals surface area contributed by atoms with Gasteiger partial charge in [-0.05, 0) is 43.5 Å². The fourth-order valence-electron chi connectivity index (χ4n) is 1.18. The largest absolute Gasteiger partial charge is 0.459 e. The van der Waals surface area contributed by atoms with E-state index in [0.717, 1.165) is 0 Å². The highest BCUT2D eigenvalue weighted by molar-refractivity contribution is 6.66. The van der Waals surface area contributed by atoms with Crippen molar-refractivity contribution in [1.82, 2.24) is 0 Å². The van der Waals surface area contributed by atoms with Gasteiger partial charge in [-0.25, -0.2) is 4.79 Å². The first kappa shape index (κ1) is 16.1. The molecule has 2 atom stereocenters. The topological polar surface area (TPSA) is 60.4 Å². The number of rotatable bonds is 7. The van der Waals surface area contributed by atoms with Crippen molar-refractivity contribution in [3.05, 3.63) is 12.2 Å². The highest BCUT2D eigenvalue weighted by Crippen LogP contribution is 2.18. The van der Waals surface area contributed by atoms with Gasteiger partial charge >= 0.3 is 5.97 Å². The first-order valence-electron chi connectivity index (χ1n) is 4.98. The summed E-state index contributed by atoms with van der Waals surface area (Å²) in [6.07, 6.45) is -0.554. The summed E-state index contributed by atoms with van der Waals surface area (Å²) in [5, 5.41) is -1.32. The maximum atomic E-state index is 11.2. The van der Waals surface area contributed by atoms with Gasteiger partial charge in [-0.3, -0.25) is 9.59 Å². The Labute approximate surface area is 110 Å². The Morgan fingerprint density at radius 1 is 1.29 bits per heavy atom. The summed E-state index contributed by atoms with van der Waals surface area (Å²) in [5.74, 6) is -1.29.